The molecule has 0 amide bonds. The van der Waals surface area contributed by atoms with E-state index in [4.69, 9.17) is 19.7 Å². The Kier molecular flexibility index (Phi) is 10.1. The van der Waals surface area contributed by atoms with Crippen molar-refractivity contribution < 1.29 is 29.3 Å². The van der Waals surface area contributed by atoms with Gasteiger partial charge in [-0.3, -0.25) is 0 Å². The lowest BCUT2D eigenvalue weighted by atomic mass is 10.2. The Morgan fingerprint density at radius 2 is 1.44 bits per heavy atom. The van der Waals surface area contributed by atoms with Crippen LogP contribution in [-0.4, -0.2) is 40.6 Å². The number of carbonyl (C=O) groups is 2. The van der Waals surface area contributed by atoms with Gasteiger partial charge in [0.25, 0.3) is 0 Å². The second-order valence-corrected chi connectivity index (χ2v) is 6.49. The first-order chi connectivity index (χ1) is 11.9. The van der Waals surface area contributed by atoms with Crippen molar-refractivity contribution in [1.29, 1.82) is 0 Å². The Bertz CT molecular complexity index is 441. The zero-order valence-corrected chi connectivity index (χ0v) is 15.0. The summed E-state index contributed by atoms with van der Waals surface area (Å²) in [5, 5.41) is 16.5. The van der Waals surface area contributed by atoms with Crippen molar-refractivity contribution in [3.05, 3.63) is 24.3 Å². The SMILES string of the molecule is C=CC(=O)O.CC(=CCC(OC1CCCC1)OC1CCCC1)C(=O)O. The van der Waals surface area contributed by atoms with Gasteiger partial charge in [-0.2, -0.15) is 0 Å². The van der Waals surface area contributed by atoms with E-state index in [1.165, 1.54) is 25.7 Å². The van der Waals surface area contributed by atoms with Gasteiger partial charge in [0.2, 0.25) is 0 Å². The van der Waals surface area contributed by atoms with E-state index in [0.29, 0.717) is 24.2 Å². The van der Waals surface area contributed by atoms with Gasteiger partial charge < -0.3 is 19.7 Å². The van der Waals surface area contributed by atoms with Crippen molar-refractivity contribution in [3.8, 4) is 0 Å². The molecule has 2 aliphatic rings. The quantitative estimate of drug-likeness (QED) is 0.507. The largest absolute Gasteiger partial charge is 0.478 e. The molecule has 0 heterocycles. The number of ether oxygens (including phenoxy) is 2. The van der Waals surface area contributed by atoms with Gasteiger partial charge in [0, 0.05) is 18.1 Å². The molecule has 2 saturated carbocycles. The molecule has 2 rings (SSSR count). The van der Waals surface area contributed by atoms with E-state index < -0.39 is 11.9 Å². The van der Waals surface area contributed by atoms with Crippen LogP contribution in [-0.2, 0) is 19.1 Å². The minimum atomic E-state index is -0.981. The summed E-state index contributed by atoms with van der Waals surface area (Å²) in [5.41, 5.74) is 0.361. The molecule has 2 aliphatic carbocycles. The lowest BCUT2D eigenvalue weighted by molar-refractivity contribution is -0.189. The highest BCUT2D eigenvalue weighted by Crippen LogP contribution is 2.27. The highest BCUT2D eigenvalue weighted by atomic mass is 16.7. The predicted octanol–water partition coefficient (Wildman–Crippen LogP) is 3.91. The molecule has 0 aliphatic heterocycles. The minimum Gasteiger partial charge on any atom is -0.478 e. The zero-order chi connectivity index (χ0) is 18.7. The number of carboxylic acids is 2. The molecule has 0 radical (unpaired) electrons. The molecule has 0 bridgehead atoms. The van der Waals surface area contributed by atoms with Crippen molar-refractivity contribution in [2.45, 2.75) is 83.2 Å². The van der Waals surface area contributed by atoms with E-state index in [2.05, 4.69) is 6.58 Å². The summed E-state index contributed by atoms with van der Waals surface area (Å²) < 4.78 is 12.1. The van der Waals surface area contributed by atoms with Crippen LogP contribution in [0.5, 0.6) is 0 Å². The fourth-order valence-electron chi connectivity index (χ4n) is 2.98. The third-order valence-corrected chi connectivity index (χ3v) is 4.42. The Hall–Kier alpha value is -1.66. The molecule has 0 atom stereocenters. The van der Waals surface area contributed by atoms with E-state index in [9.17, 15) is 9.59 Å². The van der Waals surface area contributed by atoms with Crippen LogP contribution in [0.3, 0.4) is 0 Å². The van der Waals surface area contributed by atoms with Gasteiger partial charge in [-0.15, -0.1) is 0 Å². The first kappa shape index (κ1) is 21.4. The molecule has 0 aromatic heterocycles. The highest BCUT2D eigenvalue weighted by Gasteiger charge is 2.24. The molecule has 142 valence electrons. The Labute approximate surface area is 149 Å². The smallest absolute Gasteiger partial charge is 0.330 e. The molecule has 6 nitrogen and oxygen atoms in total. The van der Waals surface area contributed by atoms with Gasteiger partial charge in [0.1, 0.15) is 0 Å². The van der Waals surface area contributed by atoms with Gasteiger partial charge in [0.15, 0.2) is 6.29 Å². The van der Waals surface area contributed by atoms with Crippen molar-refractivity contribution in [2.75, 3.05) is 0 Å². The molecule has 25 heavy (non-hydrogen) atoms. The van der Waals surface area contributed by atoms with Crippen molar-refractivity contribution >= 4 is 11.9 Å². The number of aliphatic carboxylic acids is 2. The van der Waals surface area contributed by atoms with Crippen LogP contribution in [0.15, 0.2) is 24.3 Å². The molecule has 0 aromatic rings. The van der Waals surface area contributed by atoms with Gasteiger partial charge >= 0.3 is 11.9 Å². The second kappa shape index (κ2) is 11.8. The normalized spacial score (nSPS) is 18.9. The average Bonchev–Trinajstić information content (AvgIpc) is 3.26. The van der Waals surface area contributed by atoms with E-state index in [1.807, 2.05) is 0 Å². The molecule has 0 aromatic carbocycles. The minimum absolute atomic E-state index is 0.282. The van der Waals surface area contributed by atoms with Gasteiger partial charge in [-0.1, -0.05) is 38.3 Å². The maximum atomic E-state index is 10.9. The van der Waals surface area contributed by atoms with Crippen LogP contribution in [0.1, 0.15) is 64.7 Å². The van der Waals surface area contributed by atoms with Crippen molar-refractivity contribution in [1.82, 2.24) is 0 Å². The maximum absolute atomic E-state index is 10.9. The third-order valence-electron chi connectivity index (χ3n) is 4.42. The highest BCUT2D eigenvalue weighted by molar-refractivity contribution is 5.85. The summed E-state index contributed by atoms with van der Waals surface area (Å²) in [6.45, 7) is 4.58. The molecular weight excluding hydrogens is 324 g/mol. The number of hydrogen-bond donors (Lipinski definition) is 2. The number of carboxylic acid groups (broad SMARTS) is 2. The molecule has 0 spiro atoms. The van der Waals surface area contributed by atoms with Crippen LogP contribution >= 0.6 is 0 Å². The fourth-order valence-corrected chi connectivity index (χ4v) is 2.98. The summed E-state index contributed by atoms with van der Waals surface area (Å²) in [7, 11) is 0. The summed E-state index contributed by atoms with van der Waals surface area (Å²) in [5.74, 6) is -1.85. The van der Waals surface area contributed by atoms with Crippen molar-refractivity contribution in [3.63, 3.8) is 0 Å². The fraction of sp³-hybridized carbons (Fsp3) is 0.684. The van der Waals surface area contributed by atoms with Crippen LogP contribution in [0.4, 0.5) is 0 Å². The standard InChI is InChI=1S/C16H26O4.C3H4O2/c1-12(16(17)18)10-11-15(19-13-6-2-3-7-13)20-14-8-4-5-9-14;1-2-3(4)5/h10,13-15H,2-9,11H2,1H3,(H,17,18);2H,1H2,(H,4,5). The monoisotopic (exact) mass is 354 g/mol. The van der Waals surface area contributed by atoms with Gasteiger partial charge in [0.05, 0.1) is 12.2 Å². The molecule has 0 unspecified atom stereocenters. The Morgan fingerprint density at radius 3 is 1.76 bits per heavy atom. The first-order valence-corrected chi connectivity index (χ1v) is 8.98. The van der Waals surface area contributed by atoms with E-state index in [-0.39, 0.29) is 6.29 Å². The van der Waals surface area contributed by atoms with Crippen LogP contribution in [0.25, 0.3) is 0 Å². The van der Waals surface area contributed by atoms with Gasteiger partial charge in [-0.05, 0) is 32.6 Å². The predicted molar refractivity (Wildman–Crippen MR) is 94.3 cm³/mol. The first-order valence-electron chi connectivity index (χ1n) is 8.98. The molecular formula is C19H30O6. The Balaban J connectivity index is 0.000000550. The van der Waals surface area contributed by atoms with Crippen LogP contribution in [0.2, 0.25) is 0 Å². The van der Waals surface area contributed by atoms with Crippen LogP contribution in [0, 0.1) is 0 Å². The van der Waals surface area contributed by atoms with Crippen molar-refractivity contribution in [2.24, 2.45) is 0 Å². The summed E-state index contributed by atoms with van der Waals surface area (Å²) >= 11 is 0. The number of hydrogen-bond acceptors (Lipinski definition) is 4. The molecule has 0 saturated heterocycles. The zero-order valence-electron chi connectivity index (χ0n) is 15.0. The lowest BCUT2D eigenvalue weighted by Gasteiger charge is -2.24. The summed E-state index contributed by atoms with van der Waals surface area (Å²) in [4.78, 5) is 20.1. The van der Waals surface area contributed by atoms with Gasteiger partial charge in [-0.25, -0.2) is 9.59 Å². The molecule has 2 N–H and O–H groups in total. The summed E-state index contributed by atoms with van der Waals surface area (Å²) in [6.07, 6.45) is 12.7. The van der Waals surface area contributed by atoms with E-state index in [0.717, 1.165) is 31.8 Å². The molecule has 6 heteroatoms. The molecule has 2 fully saturated rings. The average molecular weight is 354 g/mol. The lowest BCUT2D eigenvalue weighted by Crippen LogP contribution is -2.26. The van der Waals surface area contributed by atoms with E-state index in [1.54, 1.807) is 13.0 Å². The number of rotatable bonds is 8. The topological polar surface area (TPSA) is 93.1 Å². The Morgan fingerprint density at radius 1 is 1.04 bits per heavy atom. The third kappa shape index (κ3) is 9.41. The maximum Gasteiger partial charge on any atom is 0.330 e. The summed E-state index contributed by atoms with van der Waals surface area (Å²) in [6, 6.07) is 0. The second-order valence-electron chi connectivity index (χ2n) is 6.49. The van der Waals surface area contributed by atoms with Crippen LogP contribution < -0.4 is 0 Å². The van der Waals surface area contributed by atoms with E-state index >= 15 is 0 Å².